The summed E-state index contributed by atoms with van der Waals surface area (Å²) in [5, 5.41) is 8.84. The smallest absolute Gasteiger partial charge is 0.251 e. The second-order valence-corrected chi connectivity index (χ2v) is 5.15. The minimum Gasteiger partial charge on any atom is -0.395 e. The van der Waals surface area contributed by atoms with Gasteiger partial charge in [-0.3, -0.25) is 9.69 Å². The van der Waals surface area contributed by atoms with E-state index in [1.807, 2.05) is 0 Å². The molecule has 4 nitrogen and oxygen atoms in total. The van der Waals surface area contributed by atoms with Crippen molar-refractivity contribution in [2.75, 3.05) is 33.3 Å². The third kappa shape index (κ3) is 5.82. The van der Waals surface area contributed by atoms with E-state index in [9.17, 15) is 13.6 Å². The number of alkyl halides is 2. The van der Waals surface area contributed by atoms with Crippen LogP contribution in [-0.2, 0) is 4.79 Å². The number of hydrogen-bond donors (Lipinski definition) is 1. The molecule has 1 saturated carbocycles. The number of nitrogens with zero attached hydrogens (tertiary/aromatic N) is 2. The van der Waals surface area contributed by atoms with Crippen molar-refractivity contribution in [1.82, 2.24) is 9.80 Å². The van der Waals surface area contributed by atoms with Gasteiger partial charge in [0.25, 0.3) is 6.43 Å². The fourth-order valence-electron chi connectivity index (χ4n) is 2.55. The van der Waals surface area contributed by atoms with Crippen molar-refractivity contribution >= 4 is 5.91 Å². The first kappa shape index (κ1) is 16.3. The van der Waals surface area contributed by atoms with Gasteiger partial charge in [0.15, 0.2) is 0 Å². The first-order valence-electron chi connectivity index (χ1n) is 6.91. The molecule has 0 saturated heterocycles. The number of halogens is 2. The summed E-state index contributed by atoms with van der Waals surface area (Å²) in [6.45, 7) is -0.621. The van der Waals surface area contributed by atoms with Crippen LogP contribution < -0.4 is 0 Å². The minimum atomic E-state index is -2.49. The molecule has 112 valence electrons. The average Bonchev–Trinajstić information content (AvgIpc) is 2.38. The Labute approximate surface area is 113 Å². The lowest BCUT2D eigenvalue weighted by molar-refractivity contribution is -0.134. The Balaban J connectivity index is 2.45. The average molecular weight is 278 g/mol. The van der Waals surface area contributed by atoms with Gasteiger partial charge in [-0.25, -0.2) is 8.78 Å². The van der Waals surface area contributed by atoms with Gasteiger partial charge in [0.05, 0.1) is 19.7 Å². The number of amides is 1. The van der Waals surface area contributed by atoms with E-state index in [1.54, 1.807) is 11.9 Å². The fraction of sp³-hybridized carbons (Fsp3) is 0.923. The van der Waals surface area contributed by atoms with Crippen LogP contribution in [-0.4, -0.2) is 66.6 Å². The largest absolute Gasteiger partial charge is 0.395 e. The Morgan fingerprint density at radius 2 is 1.95 bits per heavy atom. The maximum atomic E-state index is 12.4. The Hall–Kier alpha value is -0.750. The van der Waals surface area contributed by atoms with Crippen molar-refractivity contribution in [1.29, 1.82) is 0 Å². The zero-order valence-corrected chi connectivity index (χ0v) is 11.5. The highest BCUT2D eigenvalue weighted by Gasteiger charge is 2.24. The van der Waals surface area contributed by atoms with Crippen molar-refractivity contribution in [3.05, 3.63) is 0 Å². The second-order valence-electron chi connectivity index (χ2n) is 5.15. The molecular weight excluding hydrogens is 254 g/mol. The van der Waals surface area contributed by atoms with Gasteiger partial charge in [0, 0.05) is 19.6 Å². The lowest BCUT2D eigenvalue weighted by atomic mass is 9.94. The Bertz CT molecular complexity index is 271. The summed E-state index contributed by atoms with van der Waals surface area (Å²) in [5.41, 5.74) is 0. The molecule has 0 aromatic heterocycles. The quantitative estimate of drug-likeness (QED) is 0.764. The van der Waals surface area contributed by atoms with Gasteiger partial charge < -0.3 is 10.0 Å². The lowest BCUT2D eigenvalue weighted by Gasteiger charge is -2.33. The first-order chi connectivity index (χ1) is 9.04. The standard InChI is InChI=1S/C13H24F2N2O2/c1-16(11-5-3-2-4-6-11)13(19)10-17(7-8-18)9-12(14)15/h11-12,18H,2-10H2,1H3. The number of carbonyl (C=O) groups excluding carboxylic acids is 1. The predicted octanol–water partition coefficient (Wildman–Crippen LogP) is 1.34. The van der Waals surface area contributed by atoms with Crippen LogP contribution in [0.15, 0.2) is 0 Å². The van der Waals surface area contributed by atoms with Crippen LogP contribution in [0.25, 0.3) is 0 Å². The van der Waals surface area contributed by atoms with Crippen LogP contribution in [0, 0.1) is 0 Å². The number of hydrogen-bond acceptors (Lipinski definition) is 3. The zero-order valence-electron chi connectivity index (χ0n) is 11.5. The number of carbonyl (C=O) groups is 1. The Morgan fingerprint density at radius 1 is 1.32 bits per heavy atom. The van der Waals surface area contributed by atoms with E-state index in [0.29, 0.717) is 0 Å². The van der Waals surface area contributed by atoms with E-state index >= 15 is 0 Å². The Morgan fingerprint density at radius 3 is 2.47 bits per heavy atom. The molecule has 19 heavy (non-hydrogen) atoms. The monoisotopic (exact) mass is 278 g/mol. The van der Waals surface area contributed by atoms with Crippen LogP contribution in [0.4, 0.5) is 8.78 Å². The number of likely N-dealkylation sites (N-methyl/N-ethyl adjacent to an activating group) is 1. The molecule has 1 rings (SSSR count). The van der Waals surface area contributed by atoms with Crippen LogP contribution in [0.5, 0.6) is 0 Å². The van der Waals surface area contributed by atoms with Crippen molar-refractivity contribution in [3.63, 3.8) is 0 Å². The van der Waals surface area contributed by atoms with Crippen molar-refractivity contribution in [2.45, 2.75) is 44.6 Å². The molecule has 0 aliphatic heterocycles. The molecule has 0 atom stereocenters. The van der Waals surface area contributed by atoms with E-state index in [-0.39, 0.29) is 31.6 Å². The van der Waals surface area contributed by atoms with E-state index < -0.39 is 13.0 Å². The molecule has 0 bridgehead atoms. The minimum absolute atomic E-state index is 0.0437. The molecule has 6 heteroatoms. The molecule has 0 spiro atoms. The Kier molecular flexibility index (Phi) is 7.23. The topological polar surface area (TPSA) is 43.8 Å². The molecule has 0 aromatic carbocycles. The molecule has 1 aliphatic carbocycles. The highest BCUT2D eigenvalue weighted by atomic mass is 19.3. The van der Waals surface area contributed by atoms with E-state index in [1.165, 1.54) is 11.3 Å². The molecule has 0 heterocycles. The first-order valence-corrected chi connectivity index (χ1v) is 6.91. The van der Waals surface area contributed by atoms with Gasteiger partial charge in [-0.1, -0.05) is 19.3 Å². The van der Waals surface area contributed by atoms with Gasteiger partial charge in [-0.15, -0.1) is 0 Å². The molecule has 0 radical (unpaired) electrons. The summed E-state index contributed by atoms with van der Waals surface area (Å²) in [6.07, 6.45) is 2.97. The van der Waals surface area contributed by atoms with Crippen LogP contribution in [0.2, 0.25) is 0 Å². The maximum Gasteiger partial charge on any atom is 0.251 e. The van der Waals surface area contributed by atoms with Crippen molar-refractivity contribution < 1.29 is 18.7 Å². The zero-order chi connectivity index (χ0) is 14.3. The molecular formula is C13H24F2N2O2. The van der Waals surface area contributed by atoms with Gasteiger partial charge in [0.2, 0.25) is 5.91 Å². The summed E-state index contributed by atoms with van der Waals surface area (Å²) >= 11 is 0. The van der Waals surface area contributed by atoms with E-state index in [4.69, 9.17) is 5.11 Å². The maximum absolute atomic E-state index is 12.4. The number of rotatable bonds is 7. The summed E-state index contributed by atoms with van der Waals surface area (Å²) in [4.78, 5) is 15.1. The molecule has 1 N–H and O–H groups in total. The highest BCUT2D eigenvalue weighted by molar-refractivity contribution is 5.78. The second kappa shape index (κ2) is 8.43. The van der Waals surface area contributed by atoms with Gasteiger partial charge >= 0.3 is 0 Å². The van der Waals surface area contributed by atoms with Crippen LogP contribution >= 0.6 is 0 Å². The molecule has 0 unspecified atom stereocenters. The van der Waals surface area contributed by atoms with Crippen LogP contribution in [0.1, 0.15) is 32.1 Å². The third-order valence-electron chi connectivity index (χ3n) is 3.69. The SMILES string of the molecule is CN(C(=O)CN(CCO)CC(F)F)C1CCCCC1. The molecule has 1 amide bonds. The normalized spacial score (nSPS) is 17.2. The fourth-order valence-corrected chi connectivity index (χ4v) is 2.55. The summed E-state index contributed by atoms with van der Waals surface area (Å²) in [5.74, 6) is -0.138. The third-order valence-corrected chi connectivity index (χ3v) is 3.69. The molecule has 0 aromatic rings. The number of aliphatic hydroxyl groups excluding tert-OH is 1. The van der Waals surface area contributed by atoms with Gasteiger partial charge in [-0.2, -0.15) is 0 Å². The highest BCUT2D eigenvalue weighted by Crippen LogP contribution is 2.21. The van der Waals surface area contributed by atoms with E-state index in [0.717, 1.165) is 25.7 Å². The summed E-state index contributed by atoms with van der Waals surface area (Å²) < 4.78 is 24.7. The molecule has 1 aliphatic rings. The summed E-state index contributed by atoms with van der Waals surface area (Å²) in [7, 11) is 1.75. The molecule has 1 fully saturated rings. The predicted molar refractivity (Wildman–Crippen MR) is 69.2 cm³/mol. The van der Waals surface area contributed by atoms with Gasteiger partial charge in [0.1, 0.15) is 0 Å². The van der Waals surface area contributed by atoms with Gasteiger partial charge in [-0.05, 0) is 12.8 Å². The van der Waals surface area contributed by atoms with Crippen molar-refractivity contribution in [2.24, 2.45) is 0 Å². The number of aliphatic hydroxyl groups is 1. The lowest BCUT2D eigenvalue weighted by Crippen LogP contribution is -2.45. The van der Waals surface area contributed by atoms with Crippen molar-refractivity contribution in [3.8, 4) is 0 Å². The van der Waals surface area contributed by atoms with Crippen LogP contribution in [0.3, 0.4) is 0 Å². The summed E-state index contributed by atoms with van der Waals surface area (Å²) in [6, 6.07) is 0.240. The van der Waals surface area contributed by atoms with E-state index in [2.05, 4.69) is 0 Å².